The first-order valence-electron chi connectivity index (χ1n) is 10.6. The number of allylic oxidation sites excluding steroid dienone is 1. The van der Waals surface area contributed by atoms with Crippen LogP contribution < -0.4 is 0 Å². The van der Waals surface area contributed by atoms with Gasteiger partial charge in [-0.15, -0.1) is 0 Å². The standard InChI is InChI=1S/C25H25FN2O4/c26-20-9-7-19(8-10-20)23-22(21(29)11-6-18-4-2-1-3-5-18)24(30)25(31)28(23)13-12-27-14-16-32-17-15-27/h1-11,23,30H,12-17H2/b11-6+/t23-/m0/s1. The van der Waals surface area contributed by atoms with Crippen molar-refractivity contribution < 1.29 is 23.8 Å². The number of hydrogen-bond acceptors (Lipinski definition) is 5. The molecule has 0 aromatic heterocycles. The van der Waals surface area contributed by atoms with Crippen molar-refractivity contribution in [2.75, 3.05) is 39.4 Å². The van der Waals surface area contributed by atoms with Crippen molar-refractivity contribution in [1.29, 1.82) is 0 Å². The molecule has 0 saturated carbocycles. The predicted molar refractivity (Wildman–Crippen MR) is 118 cm³/mol. The lowest BCUT2D eigenvalue weighted by Crippen LogP contribution is -2.43. The smallest absolute Gasteiger partial charge is 0.290 e. The summed E-state index contributed by atoms with van der Waals surface area (Å²) in [5.41, 5.74) is 1.41. The number of aliphatic hydroxyl groups excluding tert-OH is 1. The van der Waals surface area contributed by atoms with E-state index in [1.54, 1.807) is 18.2 Å². The van der Waals surface area contributed by atoms with Gasteiger partial charge in [-0.1, -0.05) is 48.5 Å². The highest BCUT2D eigenvalue weighted by Crippen LogP contribution is 2.38. The minimum Gasteiger partial charge on any atom is -0.503 e. The Bertz CT molecular complexity index is 1030. The van der Waals surface area contributed by atoms with E-state index in [4.69, 9.17) is 4.74 Å². The second-order valence-corrected chi connectivity index (χ2v) is 7.78. The topological polar surface area (TPSA) is 70.1 Å². The fourth-order valence-corrected chi connectivity index (χ4v) is 4.03. The van der Waals surface area contributed by atoms with Gasteiger partial charge in [-0.25, -0.2) is 4.39 Å². The number of aliphatic hydroxyl groups is 1. The zero-order valence-electron chi connectivity index (χ0n) is 17.6. The molecule has 1 atom stereocenters. The van der Waals surface area contributed by atoms with Gasteiger partial charge in [-0.2, -0.15) is 0 Å². The lowest BCUT2D eigenvalue weighted by molar-refractivity contribution is -0.129. The quantitative estimate of drug-likeness (QED) is 0.676. The Morgan fingerprint density at radius 1 is 1.06 bits per heavy atom. The monoisotopic (exact) mass is 436 g/mol. The molecule has 1 N–H and O–H groups in total. The lowest BCUT2D eigenvalue weighted by Gasteiger charge is -2.31. The minimum absolute atomic E-state index is 0.00997. The fraction of sp³-hybridized carbons (Fsp3) is 0.280. The van der Waals surface area contributed by atoms with Gasteiger partial charge in [0.15, 0.2) is 11.5 Å². The van der Waals surface area contributed by atoms with Crippen molar-refractivity contribution in [1.82, 2.24) is 9.80 Å². The van der Waals surface area contributed by atoms with Gasteiger partial charge < -0.3 is 14.7 Å². The van der Waals surface area contributed by atoms with Crippen molar-refractivity contribution >= 4 is 17.8 Å². The van der Waals surface area contributed by atoms with E-state index >= 15 is 0 Å². The van der Waals surface area contributed by atoms with E-state index in [0.29, 0.717) is 31.9 Å². The van der Waals surface area contributed by atoms with E-state index in [-0.39, 0.29) is 5.57 Å². The van der Waals surface area contributed by atoms with E-state index in [1.807, 2.05) is 30.3 Å². The van der Waals surface area contributed by atoms with Gasteiger partial charge in [-0.05, 0) is 29.3 Å². The molecule has 0 radical (unpaired) electrons. The molecule has 0 aliphatic carbocycles. The van der Waals surface area contributed by atoms with Crippen LogP contribution in [0.5, 0.6) is 0 Å². The van der Waals surface area contributed by atoms with Crippen LogP contribution in [0.4, 0.5) is 4.39 Å². The summed E-state index contributed by atoms with van der Waals surface area (Å²) in [6, 6.07) is 14.2. The van der Waals surface area contributed by atoms with Crippen molar-refractivity contribution in [3.63, 3.8) is 0 Å². The number of carbonyl (C=O) groups excluding carboxylic acids is 2. The number of carbonyl (C=O) groups is 2. The average Bonchev–Trinajstić information content (AvgIpc) is 3.08. The Labute approximate surface area is 186 Å². The molecule has 0 spiro atoms. The third-order valence-corrected chi connectivity index (χ3v) is 5.74. The summed E-state index contributed by atoms with van der Waals surface area (Å²) in [5, 5.41) is 10.6. The van der Waals surface area contributed by atoms with E-state index in [2.05, 4.69) is 4.90 Å². The van der Waals surface area contributed by atoms with Crippen LogP contribution in [-0.2, 0) is 14.3 Å². The maximum atomic E-state index is 13.5. The molecule has 4 rings (SSSR count). The number of nitrogens with zero attached hydrogens (tertiary/aromatic N) is 2. The maximum Gasteiger partial charge on any atom is 0.290 e. The Morgan fingerprint density at radius 2 is 1.75 bits per heavy atom. The van der Waals surface area contributed by atoms with Crippen LogP contribution in [0.25, 0.3) is 6.08 Å². The van der Waals surface area contributed by atoms with Gasteiger partial charge in [0.2, 0.25) is 0 Å². The molecule has 166 valence electrons. The van der Waals surface area contributed by atoms with Crippen LogP contribution in [0.2, 0.25) is 0 Å². The molecule has 7 heteroatoms. The Hall–Kier alpha value is -3.29. The number of hydrogen-bond donors (Lipinski definition) is 1. The first-order chi connectivity index (χ1) is 15.5. The van der Waals surface area contributed by atoms with Gasteiger partial charge in [-0.3, -0.25) is 14.5 Å². The molecule has 1 fully saturated rings. The Kier molecular flexibility index (Phi) is 6.78. The third-order valence-electron chi connectivity index (χ3n) is 5.74. The highest BCUT2D eigenvalue weighted by molar-refractivity contribution is 6.14. The number of amides is 1. The second-order valence-electron chi connectivity index (χ2n) is 7.78. The first kappa shape index (κ1) is 21.9. The van der Waals surface area contributed by atoms with Crippen molar-refractivity contribution in [2.45, 2.75) is 6.04 Å². The molecule has 32 heavy (non-hydrogen) atoms. The lowest BCUT2D eigenvalue weighted by atomic mass is 9.95. The molecular weight excluding hydrogens is 411 g/mol. The summed E-state index contributed by atoms with van der Waals surface area (Å²) >= 11 is 0. The minimum atomic E-state index is -0.780. The van der Waals surface area contributed by atoms with Crippen LogP contribution in [0.3, 0.4) is 0 Å². The SMILES string of the molecule is O=C(/C=C/c1ccccc1)C1=C(O)C(=O)N(CCN2CCOCC2)[C@H]1c1ccc(F)cc1. The highest BCUT2D eigenvalue weighted by Gasteiger charge is 2.42. The zero-order chi connectivity index (χ0) is 22.5. The van der Waals surface area contributed by atoms with Gasteiger partial charge in [0.05, 0.1) is 24.8 Å². The van der Waals surface area contributed by atoms with Gasteiger partial charge in [0, 0.05) is 26.2 Å². The largest absolute Gasteiger partial charge is 0.503 e. The molecule has 2 aliphatic rings. The fourth-order valence-electron chi connectivity index (χ4n) is 4.03. The van der Waals surface area contributed by atoms with Crippen LogP contribution in [0.1, 0.15) is 17.2 Å². The molecule has 2 heterocycles. The molecule has 0 bridgehead atoms. The molecule has 1 saturated heterocycles. The van der Waals surface area contributed by atoms with E-state index in [0.717, 1.165) is 18.7 Å². The molecular formula is C25H25FN2O4. The van der Waals surface area contributed by atoms with Crippen molar-refractivity contribution in [3.8, 4) is 0 Å². The van der Waals surface area contributed by atoms with Crippen molar-refractivity contribution in [3.05, 3.63) is 88.9 Å². The van der Waals surface area contributed by atoms with E-state index in [1.165, 1.54) is 23.1 Å². The third kappa shape index (κ3) is 4.79. The number of benzene rings is 2. The molecule has 6 nitrogen and oxygen atoms in total. The summed E-state index contributed by atoms with van der Waals surface area (Å²) < 4.78 is 18.9. The van der Waals surface area contributed by atoms with E-state index < -0.39 is 29.3 Å². The first-order valence-corrected chi connectivity index (χ1v) is 10.6. The molecule has 2 aromatic rings. The van der Waals surface area contributed by atoms with Crippen LogP contribution in [0, 0.1) is 5.82 Å². The van der Waals surface area contributed by atoms with Crippen molar-refractivity contribution in [2.24, 2.45) is 0 Å². The van der Waals surface area contributed by atoms with Gasteiger partial charge >= 0.3 is 0 Å². The highest BCUT2D eigenvalue weighted by atomic mass is 19.1. The van der Waals surface area contributed by atoms with Crippen LogP contribution in [0.15, 0.2) is 72.0 Å². The van der Waals surface area contributed by atoms with E-state index in [9.17, 15) is 19.1 Å². The number of morpholine rings is 1. The number of ether oxygens (including phenoxy) is 1. The molecule has 1 amide bonds. The number of rotatable bonds is 7. The summed E-state index contributed by atoms with van der Waals surface area (Å²) in [6.07, 6.45) is 3.00. The van der Waals surface area contributed by atoms with Crippen LogP contribution in [-0.4, -0.2) is 66.0 Å². The van der Waals surface area contributed by atoms with Crippen LogP contribution >= 0.6 is 0 Å². The van der Waals surface area contributed by atoms with Gasteiger partial charge in [0.1, 0.15) is 5.82 Å². The Morgan fingerprint density at radius 3 is 2.44 bits per heavy atom. The molecule has 0 unspecified atom stereocenters. The summed E-state index contributed by atoms with van der Waals surface area (Å²) in [6.45, 7) is 3.69. The predicted octanol–water partition coefficient (Wildman–Crippen LogP) is 3.14. The second kappa shape index (κ2) is 9.89. The maximum absolute atomic E-state index is 13.5. The summed E-state index contributed by atoms with van der Waals surface area (Å²) in [4.78, 5) is 29.7. The van der Waals surface area contributed by atoms with Gasteiger partial charge in [0.25, 0.3) is 5.91 Å². The molecule has 2 aliphatic heterocycles. The average molecular weight is 436 g/mol. The Balaban J connectivity index is 1.61. The summed E-state index contributed by atoms with van der Waals surface area (Å²) in [5.74, 6) is -2.01. The zero-order valence-corrected chi connectivity index (χ0v) is 17.6. The number of halogens is 1. The molecule has 2 aromatic carbocycles. The normalized spacial score (nSPS) is 19.8. The summed E-state index contributed by atoms with van der Waals surface area (Å²) in [7, 11) is 0. The number of ketones is 1.